The molecule has 118 valence electrons. The molecule has 0 atom stereocenters. The Balaban J connectivity index is 2.43. The van der Waals surface area contributed by atoms with E-state index < -0.39 is 0 Å². The molecule has 0 aliphatic heterocycles. The lowest BCUT2D eigenvalue weighted by Crippen LogP contribution is -2.36. The fraction of sp³-hybridized carbons (Fsp3) is 0.611. The van der Waals surface area contributed by atoms with Crippen LogP contribution >= 0.6 is 0 Å². The van der Waals surface area contributed by atoms with Crippen LogP contribution in [-0.4, -0.2) is 19.1 Å². The summed E-state index contributed by atoms with van der Waals surface area (Å²) in [6.45, 7) is 13.6. The first kappa shape index (κ1) is 17.5. The SMILES string of the molecule is Cc1cc(C)cc(OCC(=O)NCC(C(C)C)C(C)C)c1. The van der Waals surface area contributed by atoms with Crippen molar-refractivity contribution in [2.75, 3.05) is 13.2 Å². The van der Waals surface area contributed by atoms with Gasteiger partial charge in [-0.2, -0.15) is 0 Å². The van der Waals surface area contributed by atoms with E-state index in [0.29, 0.717) is 24.3 Å². The van der Waals surface area contributed by atoms with Gasteiger partial charge in [0.25, 0.3) is 5.91 Å². The average molecular weight is 291 g/mol. The topological polar surface area (TPSA) is 38.3 Å². The van der Waals surface area contributed by atoms with E-state index in [2.05, 4.69) is 39.1 Å². The maximum Gasteiger partial charge on any atom is 0.257 e. The van der Waals surface area contributed by atoms with Crippen LogP contribution in [0, 0.1) is 31.6 Å². The van der Waals surface area contributed by atoms with Crippen molar-refractivity contribution in [3.63, 3.8) is 0 Å². The molecule has 0 spiro atoms. The van der Waals surface area contributed by atoms with E-state index in [9.17, 15) is 4.79 Å². The quantitative estimate of drug-likeness (QED) is 0.831. The summed E-state index contributed by atoms with van der Waals surface area (Å²) in [5.74, 6) is 2.32. The van der Waals surface area contributed by atoms with Gasteiger partial charge < -0.3 is 10.1 Å². The van der Waals surface area contributed by atoms with Crippen LogP contribution in [0.5, 0.6) is 5.75 Å². The third-order valence-electron chi connectivity index (χ3n) is 3.81. The molecule has 3 heteroatoms. The van der Waals surface area contributed by atoms with Crippen molar-refractivity contribution in [1.29, 1.82) is 0 Å². The molecule has 0 aliphatic carbocycles. The van der Waals surface area contributed by atoms with Crippen LogP contribution in [0.15, 0.2) is 18.2 Å². The van der Waals surface area contributed by atoms with Gasteiger partial charge in [0.1, 0.15) is 5.75 Å². The largest absolute Gasteiger partial charge is 0.484 e. The third-order valence-corrected chi connectivity index (χ3v) is 3.81. The van der Waals surface area contributed by atoms with Crippen LogP contribution in [0.2, 0.25) is 0 Å². The number of ether oxygens (including phenoxy) is 1. The zero-order chi connectivity index (χ0) is 16.0. The Morgan fingerprint density at radius 1 is 1.05 bits per heavy atom. The first-order chi connectivity index (χ1) is 9.79. The van der Waals surface area contributed by atoms with E-state index in [1.54, 1.807) is 0 Å². The van der Waals surface area contributed by atoms with E-state index in [-0.39, 0.29) is 12.5 Å². The molecular weight excluding hydrogens is 262 g/mol. The number of hydrogen-bond donors (Lipinski definition) is 1. The van der Waals surface area contributed by atoms with Gasteiger partial charge in [-0.05, 0) is 54.9 Å². The molecule has 0 saturated heterocycles. The second kappa shape index (κ2) is 8.06. The first-order valence-electron chi connectivity index (χ1n) is 7.77. The molecule has 1 rings (SSSR count). The van der Waals surface area contributed by atoms with Gasteiger partial charge in [0.2, 0.25) is 0 Å². The number of benzene rings is 1. The van der Waals surface area contributed by atoms with Crippen molar-refractivity contribution in [1.82, 2.24) is 5.32 Å². The fourth-order valence-corrected chi connectivity index (χ4v) is 2.69. The zero-order valence-corrected chi connectivity index (χ0v) is 14.2. The standard InChI is InChI=1S/C18H29NO2/c1-12(2)17(13(3)4)10-19-18(20)11-21-16-8-14(5)7-15(6)9-16/h7-9,12-13,17H,10-11H2,1-6H3,(H,19,20). The smallest absolute Gasteiger partial charge is 0.257 e. The van der Waals surface area contributed by atoms with Gasteiger partial charge in [0.05, 0.1) is 0 Å². The summed E-state index contributed by atoms with van der Waals surface area (Å²) in [5.41, 5.74) is 2.29. The molecule has 0 aromatic heterocycles. The Bertz CT molecular complexity index is 438. The van der Waals surface area contributed by atoms with Crippen molar-refractivity contribution < 1.29 is 9.53 Å². The van der Waals surface area contributed by atoms with Gasteiger partial charge in [-0.25, -0.2) is 0 Å². The molecule has 1 aromatic rings. The van der Waals surface area contributed by atoms with E-state index >= 15 is 0 Å². The molecule has 0 heterocycles. The monoisotopic (exact) mass is 291 g/mol. The van der Waals surface area contributed by atoms with E-state index in [1.165, 1.54) is 0 Å². The van der Waals surface area contributed by atoms with Crippen LogP contribution in [0.3, 0.4) is 0 Å². The molecule has 1 aromatic carbocycles. The zero-order valence-electron chi connectivity index (χ0n) is 14.2. The Hall–Kier alpha value is -1.51. The van der Waals surface area contributed by atoms with Crippen LogP contribution in [0.25, 0.3) is 0 Å². The Morgan fingerprint density at radius 3 is 2.05 bits per heavy atom. The molecule has 1 N–H and O–H groups in total. The number of carbonyl (C=O) groups is 1. The normalized spacial score (nSPS) is 11.3. The predicted molar refractivity (Wildman–Crippen MR) is 87.6 cm³/mol. The van der Waals surface area contributed by atoms with Crippen molar-refractivity contribution in [2.45, 2.75) is 41.5 Å². The number of nitrogens with one attached hydrogen (secondary N) is 1. The number of hydrogen-bond acceptors (Lipinski definition) is 2. The van der Waals surface area contributed by atoms with Gasteiger partial charge in [-0.1, -0.05) is 33.8 Å². The summed E-state index contributed by atoms with van der Waals surface area (Å²) in [6, 6.07) is 5.99. The lowest BCUT2D eigenvalue weighted by Gasteiger charge is -2.25. The highest BCUT2D eigenvalue weighted by atomic mass is 16.5. The number of rotatable bonds is 7. The maximum atomic E-state index is 11.9. The van der Waals surface area contributed by atoms with Crippen LogP contribution in [-0.2, 0) is 4.79 Å². The lowest BCUT2D eigenvalue weighted by atomic mass is 9.85. The van der Waals surface area contributed by atoms with Gasteiger partial charge in [0.15, 0.2) is 6.61 Å². The Morgan fingerprint density at radius 2 is 1.57 bits per heavy atom. The van der Waals surface area contributed by atoms with Crippen LogP contribution in [0.4, 0.5) is 0 Å². The molecule has 0 fully saturated rings. The Kier molecular flexibility index (Phi) is 6.73. The molecule has 0 bridgehead atoms. The minimum absolute atomic E-state index is 0.0551. The number of amides is 1. The van der Waals surface area contributed by atoms with Crippen molar-refractivity contribution in [3.8, 4) is 5.75 Å². The highest BCUT2D eigenvalue weighted by Crippen LogP contribution is 2.19. The summed E-state index contributed by atoms with van der Waals surface area (Å²) in [7, 11) is 0. The molecule has 0 aliphatic rings. The molecule has 0 saturated carbocycles. The summed E-state index contributed by atoms with van der Waals surface area (Å²) < 4.78 is 5.57. The van der Waals surface area contributed by atoms with Crippen LogP contribution in [0.1, 0.15) is 38.8 Å². The van der Waals surface area contributed by atoms with Crippen molar-refractivity contribution in [3.05, 3.63) is 29.3 Å². The lowest BCUT2D eigenvalue weighted by molar-refractivity contribution is -0.123. The highest BCUT2D eigenvalue weighted by Gasteiger charge is 2.18. The minimum atomic E-state index is -0.0551. The van der Waals surface area contributed by atoms with Crippen molar-refractivity contribution >= 4 is 5.91 Å². The van der Waals surface area contributed by atoms with Crippen LogP contribution < -0.4 is 10.1 Å². The summed E-state index contributed by atoms with van der Waals surface area (Å²) in [4.78, 5) is 11.9. The summed E-state index contributed by atoms with van der Waals surface area (Å²) in [6.07, 6.45) is 0. The average Bonchev–Trinajstić information content (AvgIpc) is 2.34. The first-order valence-corrected chi connectivity index (χ1v) is 7.77. The highest BCUT2D eigenvalue weighted by molar-refractivity contribution is 5.77. The second-order valence-electron chi connectivity index (χ2n) is 6.57. The maximum absolute atomic E-state index is 11.9. The van der Waals surface area contributed by atoms with Gasteiger partial charge in [0, 0.05) is 6.54 Å². The molecule has 0 unspecified atom stereocenters. The second-order valence-corrected chi connectivity index (χ2v) is 6.57. The molecule has 21 heavy (non-hydrogen) atoms. The molecule has 3 nitrogen and oxygen atoms in total. The Labute approximate surface area is 129 Å². The summed E-state index contributed by atoms with van der Waals surface area (Å²) >= 11 is 0. The van der Waals surface area contributed by atoms with E-state index in [1.807, 2.05) is 26.0 Å². The van der Waals surface area contributed by atoms with Gasteiger partial charge in [-0.15, -0.1) is 0 Å². The fourth-order valence-electron chi connectivity index (χ4n) is 2.69. The van der Waals surface area contributed by atoms with E-state index in [0.717, 1.165) is 16.9 Å². The third kappa shape index (κ3) is 6.19. The van der Waals surface area contributed by atoms with E-state index in [4.69, 9.17) is 4.74 Å². The summed E-state index contributed by atoms with van der Waals surface area (Å²) in [5, 5.41) is 2.98. The van der Waals surface area contributed by atoms with Gasteiger partial charge in [-0.3, -0.25) is 4.79 Å². The van der Waals surface area contributed by atoms with Gasteiger partial charge >= 0.3 is 0 Å². The molecular formula is C18H29NO2. The molecule has 1 amide bonds. The predicted octanol–water partition coefficient (Wildman–Crippen LogP) is 3.73. The number of carbonyl (C=O) groups excluding carboxylic acids is 1. The number of aryl methyl sites for hydroxylation is 2. The minimum Gasteiger partial charge on any atom is -0.484 e. The van der Waals surface area contributed by atoms with Crippen molar-refractivity contribution in [2.24, 2.45) is 17.8 Å². The molecule has 0 radical (unpaired) electrons.